The van der Waals surface area contributed by atoms with Crippen LogP contribution in [0.25, 0.3) is 16.6 Å². The van der Waals surface area contributed by atoms with Crippen LogP contribution in [0.2, 0.25) is 0 Å². The zero-order chi connectivity index (χ0) is 23.8. The first-order valence-corrected chi connectivity index (χ1v) is 11.3. The predicted molar refractivity (Wildman–Crippen MR) is 133 cm³/mol. The van der Waals surface area contributed by atoms with Gasteiger partial charge in [-0.15, -0.1) is 0 Å². The summed E-state index contributed by atoms with van der Waals surface area (Å²) >= 11 is 5.51. The molecule has 0 radical (unpaired) electrons. The van der Waals surface area contributed by atoms with E-state index in [2.05, 4.69) is 17.1 Å². The Morgan fingerprint density at radius 2 is 1.74 bits per heavy atom. The third-order valence-corrected chi connectivity index (χ3v) is 6.47. The number of aromatic amines is 1. The van der Waals surface area contributed by atoms with Gasteiger partial charge in [0.25, 0.3) is 11.5 Å². The van der Waals surface area contributed by atoms with Gasteiger partial charge in [0.2, 0.25) is 0 Å². The predicted octanol–water partition coefficient (Wildman–Crippen LogP) is 4.26. The average Bonchev–Trinajstić information content (AvgIpc) is 2.87. The maximum atomic E-state index is 13.3. The maximum Gasteiger partial charge on any atom is 0.266 e. The Hall–Kier alpha value is -3.91. The number of nitrogens with one attached hydrogen (secondary N) is 1. The molecule has 0 unspecified atom stereocenters. The number of carbonyl (C=O) groups excluding carboxylic acids is 1. The quantitative estimate of drug-likeness (QED) is 0.448. The summed E-state index contributed by atoms with van der Waals surface area (Å²) in [4.78, 5) is 31.5. The fourth-order valence-electron chi connectivity index (χ4n) is 4.40. The lowest BCUT2D eigenvalue weighted by molar-refractivity contribution is 0.0735. The maximum absolute atomic E-state index is 13.3. The lowest BCUT2D eigenvalue weighted by Crippen LogP contribution is -2.36. The number of rotatable bonds is 4. The number of carbonyl (C=O) groups is 1. The largest absolute Gasteiger partial charge is 0.493 e. The van der Waals surface area contributed by atoms with E-state index in [4.69, 9.17) is 21.7 Å². The molecule has 7 nitrogen and oxygen atoms in total. The molecule has 1 N–H and O–H groups in total. The van der Waals surface area contributed by atoms with Crippen LogP contribution in [0.15, 0.2) is 65.5 Å². The number of fused-ring (bicyclic) bond motifs is 2. The van der Waals surface area contributed by atoms with Gasteiger partial charge in [-0.05, 0) is 60.1 Å². The number of hydrogen-bond donors (Lipinski definition) is 1. The molecule has 1 aliphatic heterocycles. The Morgan fingerprint density at radius 3 is 2.50 bits per heavy atom. The Labute approximate surface area is 201 Å². The van der Waals surface area contributed by atoms with Crippen LogP contribution in [0.3, 0.4) is 0 Å². The average molecular weight is 474 g/mol. The summed E-state index contributed by atoms with van der Waals surface area (Å²) in [6.45, 7) is 1.23. The summed E-state index contributed by atoms with van der Waals surface area (Å²) in [5.74, 6) is 0.976. The van der Waals surface area contributed by atoms with Crippen molar-refractivity contribution in [3.8, 4) is 17.2 Å². The molecule has 4 aromatic rings. The Morgan fingerprint density at radius 1 is 0.971 bits per heavy atom. The molecule has 8 heteroatoms. The molecule has 0 saturated heterocycles. The number of benzene rings is 3. The van der Waals surface area contributed by atoms with Gasteiger partial charge in [-0.1, -0.05) is 24.3 Å². The van der Waals surface area contributed by atoms with Crippen LogP contribution in [0, 0.1) is 4.77 Å². The fourth-order valence-corrected chi connectivity index (χ4v) is 4.70. The second kappa shape index (κ2) is 8.79. The molecular weight excluding hydrogens is 450 g/mol. The van der Waals surface area contributed by atoms with E-state index in [1.165, 1.54) is 22.8 Å². The Balaban J connectivity index is 1.52. The van der Waals surface area contributed by atoms with E-state index in [1.807, 2.05) is 17.0 Å². The number of H-pyrrole nitrogens is 1. The van der Waals surface area contributed by atoms with Crippen molar-refractivity contribution in [3.05, 3.63) is 92.5 Å². The Bertz CT molecular complexity index is 1540. The highest BCUT2D eigenvalue weighted by molar-refractivity contribution is 7.71. The molecule has 172 valence electrons. The first-order valence-electron chi connectivity index (χ1n) is 10.9. The van der Waals surface area contributed by atoms with Crippen molar-refractivity contribution < 1.29 is 14.3 Å². The highest BCUT2D eigenvalue weighted by atomic mass is 32.1. The highest BCUT2D eigenvalue weighted by Gasteiger charge is 2.22. The summed E-state index contributed by atoms with van der Waals surface area (Å²) in [6.07, 6.45) is 0.827. The number of aromatic nitrogens is 2. The van der Waals surface area contributed by atoms with Gasteiger partial charge in [-0.25, -0.2) is 0 Å². The number of nitrogens with zero attached hydrogens (tertiary/aromatic N) is 2. The van der Waals surface area contributed by atoms with Crippen molar-refractivity contribution in [3.63, 3.8) is 0 Å². The number of hydrogen-bond acceptors (Lipinski definition) is 5. The molecule has 1 amide bonds. The minimum Gasteiger partial charge on any atom is -0.493 e. The van der Waals surface area contributed by atoms with Crippen LogP contribution >= 0.6 is 12.2 Å². The lowest BCUT2D eigenvalue weighted by Gasteiger charge is -2.29. The molecule has 1 aromatic heterocycles. The van der Waals surface area contributed by atoms with E-state index in [1.54, 1.807) is 43.5 Å². The standard InChI is InChI=1S/C26H23N3O4S/c1-32-22-10-8-19(14-23(22)33-2)29-25(31)20-9-7-17(13-21(20)27-26(29)34)24(30)28-12-11-16-5-3-4-6-18(16)15-28/h3-10,13-14H,11-12,15H2,1-2H3,(H,27,34). The van der Waals surface area contributed by atoms with Crippen molar-refractivity contribution in [1.82, 2.24) is 14.5 Å². The van der Waals surface area contributed by atoms with Crippen molar-refractivity contribution >= 4 is 29.0 Å². The molecule has 5 rings (SSSR count). The topological polar surface area (TPSA) is 76.6 Å². The monoisotopic (exact) mass is 473 g/mol. The molecule has 0 saturated carbocycles. The van der Waals surface area contributed by atoms with E-state index < -0.39 is 0 Å². The molecule has 0 spiro atoms. The molecule has 0 fully saturated rings. The van der Waals surface area contributed by atoms with Crippen LogP contribution in [-0.4, -0.2) is 41.1 Å². The molecule has 34 heavy (non-hydrogen) atoms. The van der Waals surface area contributed by atoms with Gasteiger partial charge in [0.05, 0.1) is 30.8 Å². The second-order valence-corrected chi connectivity index (χ2v) is 8.50. The van der Waals surface area contributed by atoms with Crippen LogP contribution < -0.4 is 15.0 Å². The second-order valence-electron chi connectivity index (χ2n) is 8.12. The van der Waals surface area contributed by atoms with Crippen molar-refractivity contribution in [2.24, 2.45) is 0 Å². The van der Waals surface area contributed by atoms with E-state index in [0.717, 1.165) is 6.42 Å². The van der Waals surface area contributed by atoms with E-state index in [0.29, 0.717) is 46.7 Å². The van der Waals surface area contributed by atoms with Gasteiger partial charge in [-0.3, -0.25) is 14.2 Å². The van der Waals surface area contributed by atoms with E-state index in [9.17, 15) is 9.59 Å². The summed E-state index contributed by atoms with van der Waals surface area (Å²) in [6, 6.07) is 18.4. The summed E-state index contributed by atoms with van der Waals surface area (Å²) < 4.78 is 12.3. The minimum atomic E-state index is -0.281. The van der Waals surface area contributed by atoms with E-state index >= 15 is 0 Å². The first kappa shape index (κ1) is 21.9. The van der Waals surface area contributed by atoms with Gasteiger partial charge < -0.3 is 19.4 Å². The smallest absolute Gasteiger partial charge is 0.266 e. The summed E-state index contributed by atoms with van der Waals surface area (Å²) in [5, 5.41) is 0.434. The van der Waals surface area contributed by atoms with Gasteiger partial charge in [-0.2, -0.15) is 0 Å². The van der Waals surface area contributed by atoms with Crippen LogP contribution in [0.5, 0.6) is 11.5 Å². The molecule has 1 aliphatic rings. The SMILES string of the molecule is COc1ccc(-n2c(=S)[nH]c3cc(C(=O)N4CCc5ccccc5C4)ccc3c2=O)cc1OC. The van der Waals surface area contributed by atoms with Crippen LogP contribution in [0.1, 0.15) is 21.5 Å². The fraction of sp³-hybridized carbons (Fsp3) is 0.192. The van der Waals surface area contributed by atoms with Crippen molar-refractivity contribution in [2.75, 3.05) is 20.8 Å². The molecule has 0 atom stereocenters. The molecule has 2 heterocycles. The first-order chi connectivity index (χ1) is 16.5. The molecule has 0 bridgehead atoms. The van der Waals surface area contributed by atoms with Crippen LogP contribution in [0.4, 0.5) is 0 Å². The normalized spacial score (nSPS) is 12.9. The third-order valence-electron chi connectivity index (χ3n) is 6.19. The molecule has 3 aromatic carbocycles. The van der Waals surface area contributed by atoms with Gasteiger partial charge >= 0.3 is 0 Å². The minimum absolute atomic E-state index is 0.0696. The van der Waals surface area contributed by atoms with Crippen molar-refractivity contribution in [2.45, 2.75) is 13.0 Å². The zero-order valence-electron chi connectivity index (χ0n) is 18.8. The van der Waals surface area contributed by atoms with Gasteiger partial charge in [0.15, 0.2) is 16.3 Å². The van der Waals surface area contributed by atoms with Crippen LogP contribution in [-0.2, 0) is 13.0 Å². The summed E-state index contributed by atoms with van der Waals surface area (Å²) in [7, 11) is 3.08. The van der Waals surface area contributed by atoms with Gasteiger partial charge in [0, 0.05) is 24.7 Å². The zero-order valence-corrected chi connectivity index (χ0v) is 19.6. The lowest BCUT2D eigenvalue weighted by atomic mass is 9.99. The molecular formula is C26H23N3O4S. The Kier molecular flexibility index (Phi) is 5.67. The third kappa shape index (κ3) is 3.76. The van der Waals surface area contributed by atoms with Gasteiger partial charge in [0.1, 0.15) is 0 Å². The van der Waals surface area contributed by atoms with E-state index in [-0.39, 0.29) is 16.2 Å². The van der Waals surface area contributed by atoms with Crippen molar-refractivity contribution in [1.29, 1.82) is 0 Å². The summed E-state index contributed by atoms with van der Waals surface area (Å²) in [5.41, 5.74) is 3.76. The highest BCUT2D eigenvalue weighted by Crippen LogP contribution is 2.29. The number of methoxy groups -OCH3 is 2. The number of ether oxygens (including phenoxy) is 2. The number of amides is 1. The molecule has 0 aliphatic carbocycles.